The van der Waals surface area contributed by atoms with Crippen molar-refractivity contribution < 1.29 is 0 Å². The first-order chi connectivity index (χ1) is 8.83. The van der Waals surface area contributed by atoms with E-state index in [4.69, 9.17) is 5.73 Å². The van der Waals surface area contributed by atoms with E-state index in [9.17, 15) is 0 Å². The topological polar surface area (TPSA) is 72.5 Å². The summed E-state index contributed by atoms with van der Waals surface area (Å²) in [4.78, 5) is 7.23. The highest BCUT2D eigenvalue weighted by Gasteiger charge is 2.18. The molecule has 2 aromatic heterocycles. The standard InChI is InChI=1S/C13H19N5/c14-12(13-15-6-7-16-13)9-10-5-8-18(17-10)11-3-1-2-4-11/h5-8,11-12H,1-4,9,14H2,(H,15,16). The molecule has 2 heterocycles. The predicted molar refractivity (Wildman–Crippen MR) is 69.0 cm³/mol. The first kappa shape index (κ1) is 11.5. The number of hydrogen-bond acceptors (Lipinski definition) is 3. The molecule has 3 rings (SSSR count). The molecule has 1 unspecified atom stereocenters. The predicted octanol–water partition coefficient (Wildman–Crippen LogP) is 1.96. The van der Waals surface area contributed by atoms with Gasteiger partial charge in [-0.15, -0.1) is 0 Å². The fourth-order valence-electron chi connectivity index (χ4n) is 2.66. The lowest BCUT2D eigenvalue weighted by atomic mass is 10.1. The van der Waals surface area contributed by atoms with Crippen molar-refractivity contribution in [3.63, 3.8) is 0 Å². The number of H-pyrrole nitrogens is 1. The van der Waals surface area contributed by atoms with E-state index in [1.165, 1.54) is 25.7 Å². The van der Waals surface area contributed by atoms with Gasteiger partial charge < -0.3 is 10.7 Å². The number of aromatic amines is 1. The zero-order valence-corrected chi connectivity index (χ0v) is 10.4. The van der Waals surface area contributed by atoms with Gasteiger partial charge >= 0.3 is 0 Å². The Morgan fingerprint density at radius 1 is 1.44 bits per heavy atom. The van der Waals surface area contributed by atoms with Crippen molar-refractivity contribution in [2.75, 3.05) is 0 Å². The minimum Gasteiger partial charge on any atom is -0.347 e. The Balaban J connectivity index is 1.66. The van der Waals surface area contributed by atoms with Crippen molar-refractivity contribution in [1.29, 1.82) is 0 Å². The molecule has 3 N–H and O–H groups in total. The number of nitrogens with two attached hydrogens (primary N) is 1. The molecule has 96 valence electrons. The van der Waals surface area contributed by atoms with Crippen molar-refractivity contribution >= 4 is 0 Å². The van der Waals surface area contributed by atoms with Crippen LogP contribution in [0.5, 0.6) is 0 Å². The molecule has 1 fully saturated rings. The Morgan fingerprint density at radius 2 is 2.28 bits per heavy atom. The Labute approximate surface area is 106 Å². The Morgan fingerprint density at radius 3 is 3.00 bits per heavy atom. The van der Waals surface area contributed by atoms with Crippen LogP contribution in [0.3, 0.4) is 0 Å². The van der Waals surface area contributed by atoms with Gasteiger partial charge in [0.25, 0.3) is 0 Å². The van der Waals surface area contributed by atoms with E-state index in [1.54, 1.807) is 12.4 Å². The lowest BCUT2D eigenvalue weighted by molar-refractivity contribution is 0.461. The minimum atomic E-state index is -0.105. The molecule has 0 aliphatic heterocycles. The lowest BCUT2D eigenvalue weighted by Gasteiger charge is -2.09. The van der Waals surface area contributed by atoms with Crippen LogP contribution in [-0.4, -0.2) is 19.7 Å². The van der Waals surface area contributed by atoms with E-state index in [1.807, 2.05) is 0 Å². The molecule has 1 aliphatic carbocycles. The van der Waals surface area contributed by atoms with E-state index in [2.05, 4.69) is 32.0 Å². The third kappa shape index (κ3) is 2.31. The molecule has 5 nitrogen and oxygen atoms in total. The van der Waals surface area contributed by atoms with E-state index in [0.29, 0.717) is 6.04 Å². The number of aromatic nitrogens is 4. The van der Waals surface area contributed by atoms with Gasteiger partial charge in [0, 0.05) is 25.0 Å². The molecule has 18 heavy (non-hydrogen) atoms. The molecule has 0 radical (unpaired) electrons. The summed E-state index contributed by atoms with van der Waals surface area (Å²) in [6.45, 7) is 0. The van der Waals surface area contributed by atoms with Crippen LogP contribution in [0.4, 0.5) is 0 Å². The van der Waals surface area contributed by atoms with Crippen molar-refractivity contribution in [3.8, 4) is 0 Å². The molecule has 0 spiro atoms. The normalized spacial score (nSPS) is 18.3. The fourth-order valence-corrected chi connectivity index (χ4v) is 2.66. The Kier molecular flexibility index (Phi) is 3.15. The first-order valence-corrected chi connectivity index (χ1v) is 6.62. The monoisotopic (exact) mass is 245 g/mol. The third-order valence-electron chi connectivity index (χ3n) is 3.66. The summed E-state index contributed by atoms with van der Waals surface area (Å²) >= 11 is 0. The summed E-state index contributed by atoms with van der Waals surface area (Å²) in [5, 5.41) is 4.64. The van der Waals surface area contributed by atoms with Gasteiger partial charge in [0.15, 0.2) is 0 Å². The maximum atomic E-state index is 6.09. The van der Waals surface area contributed by atoms with Gasteiger partial charge in [-0.05, 0) is 18.9 Å². The fraction of sp³-hybridized carbons (Fsp3) is 0.538. The van der Waals surface area contributed by atoms with E-state index < -0.39 is 0 Å². The smallest absolute Gasteiger partial charge is 0.123 e. The Bertz CT molecular complexity index is 481. The second-order valence-electron chi connectivity index (χ2n) is 5.01. The number of hydrogen-bond donors (Lipinski definition) is 2. The molecule has 0 bridgehead atoms. The van der Waals surface area contributed by atoms with Crippen LogP contribution >= 0.6 is 0 Å². The summed E-state index contributed by atoms with van der Waals surface area (Å²) in [6.07, 6.45) is 11.5. The highest BCUT2D eigenvalue weighted by Crippen LogP contribution is 2.28. The maximum absolute atomic E-state index is 6.09. The average molecular weight is 245 g/mol. The molecule has 5 heteroatoms. The number of nitrogens with one attached hydrogen (secondary N) is 1. The van der Waals surface area contributed by atoms with Crippen LogP contribution in [0.2, 0.25) is 0 Å². The molecular weight excluding hydrogens is 226 g/mol. The third-order valence-corrected chi connectivity index (χ3v) is 3.66. The van der Waals surface area contributed by atoms with Gasteiger partial charge in [0.1, 0.15) is 5.82 Å². The zero-order valence-electron chi connectivity index (χ0n) is 10.4. The molecule has 2 aromatic rings. The second-order valence-corrected chi connectivity index (χ2v) is 5.01. The van der Waals surface area contributed by atoms with Gasteiger partial charge in [-0.2, -0.15) is 5.10 Å². The van der Waals surface area contributed by atoms with Gasteiger partial charge in [0.05, 0.1) is 17.8 Å². The molecule has 0 saturated heterocycles. The van der Waals surface area contributed by atoms with Crippen molar-refractivity contribution in [3.05, 3.63) is 36.2 Å². The number of nitrogens with zero attached hydrogens (tertiary/aromatic N) is 3. The SMILES string of the molecule is NC(Cc1ccn(C2CCCC2)n1)c1ncc[nH]1. The van der Waals surface area contributed by atoms with Crippen molar-refractivity contribution in [2.24, 2.45) is 5.73 Å². The molecule has 1 aliphatic rings. The molecule has 0 aromatic carbocycles. The van der Waals surface area contributed by atoms with E-state index in [-0.39, 0.29) is 6.04 Å². The first-order valence-electron chi connectivity index (χ1n) is 6.62. The van der Waals surface area contributed by atoms with Crippen LogP contribution in [0.15, 0.2) is 24.7 Å². The molecule has 1 saturated carbocycles. The minimum absolute atomic E-state index is 0.105. The molecule has 1 atom stereocenters. The highest BCUT2D eigenvalue weighted by molar-refractivity contribution is 5.06. The van der Waals surface area contributed by atoms with Gasteiger partial charge in [0.2, 0.25) is 0 Å². The van der Waals surface area contributed by atoms with Crippen LogP contribution in [0, 0.1) is 0 Å². The van der Waals surface area contributed by atoms with Crippen LogP contribution in [0.25, 0.3) is 0 Å². The Hall–Kier alpha value is -1.62. The molecule has 0 amide bonds. The number of rotatable bonds is 4. The van der Waals surface area contributed by atoms with Gasteiger partial charge in [-0.25, -0.2) is 4.98 Å². The van der Waals surface area contributed by atoms with Crippen molar-refractivity contribution in [1.82, 2.24) is 19.7 Å². The number of imidazole rings is 1. The van der Waals surface area contributed by atoms with E-state index in [0.717, 1.165) is 17.9 Å². The van der Waals surface area contributed by atoms with Crippen LogP contribution in [-0.2, 0) is 6.42 Å². The van der Waals surface area contributed by atoms with Crippen molar-refractivity contribution in [2.45, 2.75) is 44.2 Å². The summed E-state index contributed by atoms with van der Waals surface area (Å²) in [5.41, 5.74) is 7.14. The molecular formula is C13H19N5. The highest BCUT2D eigenvalue weighted by atomic mass is 15.3. The van der Waals surface area contributed by atoms with Crippen LogP contribution < -0.4 is 5.73 Å². The maximum Gasteiger partial charge on any atom is 0.123 e. The largest absolute Gasteiger partial charge is 0.347 e. The van der Waals surface area contributed by atoms with Gasteiger partial charge in [-0.3, -0.25) is 4.68 Å². The summed E-state index contributed by atoms with van der Waals surface area (Å²) in [5.74, 6) is 0.824. The summed E-state index contributed by atoms with van der Waals surface area (Å²) in [7, 11) is 0. The van der Waals surface area contributed by atoms with Gasteiger partial charge in [-0.1, -0.05) is 12.8 Å². The summed E-state index contributed by atoms with van der Waals surface area (Å²) in [6, 6.07) is 2.56. The summed E-state index contributed by atoms with van der Waals surface area (Å²) < 4.78 is 2.11. The lowest BCUT2D eigenvalue weighted by Crippen LogP contribution is -2.15. The second kappa shape index (κ2) is 4.94. The van der Waals surface area contributed by atoms with Crippen LogP contribution in [0.1, 0.15) is 49.3 Å². The average Bonchev–Trinajstić information content (AvgIpc) is 3.12. The van der Waals surface area contributed by atoms with E-state index >= 15 is 0 Å². The quantitative estimate of drug-likeness (QED) is 0.865. The zero-order chi connectivity index (χ0) is 12.4.